The van der Waals surface area contributed by atoms with E-state index in [-0.39, 0.29) is 5.92 Å². The standard InChI is InChI=1S/C11H13ClN2OS/c12-11-2-1-10(16-11)9(7-13)8-14-3-5-15-6-4-14/h1-2,9H,3-6,8H2. The highest BCUT2D eigenvalue weighted by molar-refractivity contribution is 7.16. The van der Waals surface area contributed by atoms with Gasteiger partial charge in [-0.2, -0.15) is 5.26 Å². The molecule has 0 aliphatic carbocycles. The highest BCUT2D eigenvalue weighted by Gasteiger charge is 2.19. The predicted molar refractivity (Wildman–Crippen MR) is 64.9 cm³/mol. The van der Waals surface area contributed by atoms with Crippen LogP contribution in [0, 0.1) is 11.3 Å². The molecule has 16 heavy (non-hydrogen) atoms. The van der Waals surface area contributed by atoms with Crippen LogP contribution in [0.1, 0.15) is 10.8 Å². The summed E-state index contributed by atoms with van der Waals surface area (Å²) in [5.41, 5.74) is 0. The van der Waals surface area contributed by atoms with E-state index < -0.39 is 0 Å². The zero-order valence-electron chi connectivity index (χ0n) is 8.86. The number of morpholine rings is 1. The van der Waals surface area contributed by atoms with Crippen LogP contribution in [0.3, 0.4) is 0 Å². The molecule has 1 fully saturated rings. The van der Waals surface area contributed by atoms with Gasteiger partial charge in [-0.05, 0) is 12.1 Å². The van der Waals surface area contributed by atoms with E-state index in [1.165, 1.54) is 11.3 Å². The monoisotopic (exact) mass is 256 g/mol. The quantitative estimate of drug-likeness (QED) is 0.833. The molecule has 1 saturated heterocycles. The summed E-state index contributed by atoms with van der Waals surface area (Å²) < 4.78 is 6.03. The molecular weight excluding hydrogens is 244 g/mol. The van der Waals surface area contributed by atoms with Crippen LogP contribution in [0.15, 0.2) is 12.1 Å². The van der Waals surface area contributed by atoms with Gasteiger partial charge in [0.2, 0.25) is 0 Å². The van der Waals surface area contributed by atoms with Gasteiger partial charge < -0.3 is 4.74 Å². The van der Waals surface area contributed by atoms with Crippen LogP contribution < -0.4 is 0 Å². The second-order valence-electron chi connectivity index (χ2n) is 3.74. The molecule has 2 heterocycles. The van der Waals surface area contributed by atoms with Gasteiger partial charge in [0.1, 0.15) is 0 Å². The summed E-state index contributed by atoms with van der Waals surface area (Å²) >= 11 is 7.37. The molecule has 5 heteroatoms. The molecule has 0 spiro atoms. The van der Waals surface area contributed by atoms with Crippen LogP contribution in [-0.4, -0.2) is 37.7 Å². The van der Waals surface area contributed by atoms with Gasteiger partial charge >= 0.3 is 0 Å². The zero-order chi connectivity index (χ0) is 11.4. The molecule has 3 nitrogen and oxygen atoms in total. The van der Waals surface area contributed by atoms with Gasteiger partial charge in [0, 0.05) is 24.5 Å². The fraction of sp³-hybridized carbons (Fsp3) is 0.545. The molecule has 1 aliphatic rings. The number of nitriles is 1. The Bertz CT molecular complexity index is 382. The Morgan fingerprint density at radius 2 is 2.25 bits per heavy atom. The summed E-state index contributed by atoms with van der Waals surface area (Å²) in [4.78, 5) is 3.32. The van der Waals surface area contributed by atoms with E-state index in [4.69, 9.17) is 16.3 Å². The van der Waals surface area contributed by atoms with Gasteiger partial charge in [0.05, 0.1) is 29.5 Å². The third-order valence-electron chi connectivity index (χ3n) is 2.64. The van der Waals surface area contributed by atoms with Crippen molar-refractivity contribution in [2.45, 2.75) is 5.92 Å². The lowest BCUT2D eigenvalue weighted by Crippen LogP contribution is -2.38. The average molecular weight is 257 g/mol. The third-order valence-corrected chi connectivity index (χ3v) is 3.98. The van der Waals surface area contributed by atoms with Crippen molar-refractivity contribution in [1.82, 2.24) is 4.90 Å². The lowest BCUT2D eigenvalue weighted by atomic mass is 10.1. The summed E-state index contributed by atoms with van der Waals surface area (Å²) in [6, 6.07) is 6.15. The minimum atomic E-state index is -0.0735. The summed E-state index contributed by atoms with van der Waals surface area (Å²) in [7, 11) is 0. The maximum Gasteiger partial charge on any atom is 0.0933 e. The first-order valence-corrected chi connectivity index (χ1v) is 6.44. The van der Waals surface area contributed by atoms with Gasteiger partial charge in [-0.3, -0.25) is 4.90 Å². The topological polar surface area (TPSA) is 36.3 Å². The Hall–Kier alpha value is -0.600. The van der Waals surface area contributed by atoms with Crippen molar-refractivity contribution in [1.29, 1.82) is 5.26 Å². The number of ether oxygens (including phenoxy) is 1. The van der Waals surface area contributed by atoms with E-state index in [0.29, 0.717) is 0 Å². The summed E-state index contributed by atoms with van der Waals surface area (Å²) in [5, 5.41) is 9.18. The zero-order valence-corrected chi connectivity index (χ0v) is 10.4. The molecule has 0 bridgehead atoms. The van der Waals surface area contributed by atoms with Crippen LogP contribution in [0.4, 0.5) is 0 Å². The lowest BCUT2D eigenvalue weighted by Gasteiger charge is -2.27. The minimum Gasteiger partial charge on any atom is -0.379 e. The fourth-order valence-electron chi connectivity index (χ4n) is 1.75. The maximum absolute atomic E-state index is 9.18. The van der Waals surface area contributed by atoms with E-state index in [1.807, 2.05) is 12.1 Å². The molecule has 0 saturated carbocycles. The molecule has 0 N–H and O–H groups in total. The first kappa shape index (κ1) is 11.9. The molecule has 1 aliphatic heterocycles. The molecule has 0 aromatic carbocycles. The highest BCUT2D eigenvalue weighted by Crippen LogP contribution is 2.28. The number of thiophene rings is 1. The maximum atomic E-state index is 9.18. The second-order valence-corrected chi connectivity index (χ2v) is 5.48. The third kappa shape index (κ3) is 2.96. The van der Waals surface area contributed by atoms with Crippen molar-refractivity contribution in [2.75, 3.05) is 32.8 Å². The van der Waals surface area contributed by atoms with Crippen molar-refractivity contribution in [3.8, 4) is 6.07 Å². The van der Waals surface area contributed by atoms with Gasteiger partial charge in [-0.1, -0.05) is 11.6 Å². The average Bonchev–Trinajstić information content (AvgIpc) is 2.74. The van der Waals surface area contributed by atoms with Crippen LogP contribution in [-0.2, 0) is 4.74 Å². The molecule has 2 rings (SSSR count). The molecule has 1 unspecified atom stereocenters. The normalized spacial score (nSPS) is 19.2. The number of halogens is 1. The van der Waals surface area contributed by atoms with Crippen LogP contribution in [0.25, 0.3) is 0 Å². The number of nitrogens with zero attached hydrogens (tertiary/aromatic N) is 2. The fourth-order valence-corrected chi connectivity index (χ4v) is 2.85. The molecule has 0 amide bonds. The van der Waals surface area contributed by atoms with E-state index in [0.717, 1.165) is 42.1 Å². The molecule has 0 radical (unpaired) electrons. The van der Waals surface area contributed by atoms with Crippen molar-refractivity contribution >= 4 is 22.9 Å². The smallest absolute Gasteiger partial charge is 0.0933 e. The van der Waals surface area contributed by atoms with Gasteiger partial charge in [0.25, 0.3) is 0 Å². The van der Waals surface area contributed by atoms with E-state index in [9.17, 15) is 5.26 Å². The molecule has 1 atom stereocenters. The molecule has 86 valence electrons. The van der Waals surface area contributed by atoms with Gasteiger partial charge in [-0.15, -0.1) is 11.3 Å². The van der Waals surface area contributed by atoms with E-state index in [2.05, 4.69) is 11.0 Å². The Morgan fingerprint density at radius 1 is 1.50 bits per heavy atom. The Labute approximate surface area is 104 Å². The summed E-state index contributed by atoms with van der Waals surface area (Å²) in [6.07, 6.45) is 0. The van der Waals surface area contributed by atoms with Crippen molar-refractivity contribution in [3.05, 3.63) is 21.3 Å². The number of hydrogen-bond donors (Lipinski definition) is 0. The first-order valence-electron chi connectivity index (χ1n) is 5.24. The molecule has 1 aromatic heterocycles. The van der Waals surface area contributed by atoms with Gasteiger partial charge in [0.15, 0.2) is 0 Å². The second kappa shape index (κ2) is 5.65. The minimum absolute atomic E-state index is 0.0735. The molecular formula is C11H13ClN2OS. The first-order chi connectivity index (χ1) is 7.79. The SMILES string of the molecule is N#CC(CN1CCOCC1)c1ccc(Cl)s1. The number of hydrogen-bond acceptors (Lipinski definition) is 4. The lowest BCUT2D eigenvalue weighted by molar-refractivity contribution is 0.0371. The Morgan fingerprint density at radius 3 is 2.81 bits per heavy atom. The van der Waals surface area contributed by atoms with Crippen LogP contribution in [0.5, 0.6) is 0 Å². The van der Waals surface area contributed by atoms with Crippen molar-refractivity contribution in [3.63, 3.8) is 0 Å². The van der Waals surface area contributed by atoms with Crippen molar-refractivity contribution in [2.24, 2.45) is 0 Å². The summed E-state index contributed by atoms with van der Waals surface area (Å²) in [6.45, 7) is 4.14. The highest BCUT2D eigenvalue weighted by atomic mass is 35.5. The van der Waals surface area contributed by atoms with Crippen LogP contribution >= 0.6 is 22.9 Å². The van der Waals surface area contributed by atoms with E-state index >= 15 is 0 Å². The Kier molecular flexibility index (Phi) is 4.19. The van der Waals surface area contributed by atoms with Gasteiger partial charge in [-0.25, -0.2) is 0 Å². The van der Waals surface area contributed by atoms with Crippen molar-refractivity contribution < 1.29 is 4.74 Å². The largest absolute Gasteiger partial charge is 0.379 e. The predicted octanol–water partition coefficient (Wildman–Crippen LogP) is 2.34. The Balaban J connectivity index is 1.98. The molecule has 1 aromatic rings. The van der Waals surface area contributed by atoms with Crippen LogP contribution in [0.2, 0.25) is 4.34 Å². The van der Waals surface area contributed by atoms with E-state index in [1.54, 1.807) is 0 Å². The number of rotatable bonds is 3. The summed E-state index contributed by atoms with van der Waals surface area (Å²) in [5.74, 6) is -0.0735.